The third-order valence-corrected chi connectivity index (χ3v) is 3.41. The molecule has 16 heavy (non-hydrogen) atoms. The molecule has 1 aromatic carbocycles. The minimum atomic E-state index is 0.286. The molecule has 2 nitrogen and oxygen atoms in total. The van der Waals surface area contributed by atoms with Crippen LogP contribution in [0.4, 0.5) is 0 Å². The molecular weight excluding hydrogens is 240 g/mol. The van der Waals surface area contributed by atoms with E-state index in [1.807, 2.05) is 6.07 Å². The number of benzene rings is 1. The lowest BCUT2D eigenvalue weighted by Crippen LogP contribution is -1.85. The molecule has 4 heteroatoms. The Kier molecular flexibility index (Phi) is 3.46. The zero-order chi connectivity index (χ0) is 11.5. The van der Waals surface area contributed by atoms with Crippen LogP contribution in [0, 0.1) is 13.8 Å². The van der Waals surface area contributed by atoms with E-state index in [0.717, 1.165) is 9.92 Å². The van der Waals surface area contributed by atoms with Crippen molar-refractivity contribution in [2.45, 2.75) is 23.8 Å². The highest BCUT2D eigenvalue weighted by Crippen LogP contribution is 2.27. The summed E-state index contributed by atoms with van der Waals surface area (Å²) in [6.45, 7) is 4.21. The molecule has 0 amide bonds. The van der Waals surface area contributed by atoms with Crippen LogP contribution in [-0.2, 0) is 0 Å². The zero-order valence-electron chi connectivity index (χ0n) is 9.07. The van der Waals surface area contributed by atoms with Crippen molar-refractivity contribution in [1.82, 2.24) is 9.97 Å². The third-order valence-electron chi connectivity index (χ3n) is 2.30. The van der Waals surface area contributed by atoms with Gasteiger partial charge in [-0.05, 0) is 54.8 Å². The van der Waals surface area contributed by atoms with Gasteiger partial charge in [0.25, 0.3) is 0 Å². The maximum Gasteiger partial charge on any atom is 0.223 e. The van der Waals surface area contributed by atoms with Gasteiger partial charge in [0.15, 0.2) is 0 Å². The molecule has 0 atom stereocenters. The molecule has 0 radical (unpaired) electrons. The summed E-state index contributed by atoms with van der Waals surface area (Å²) in [5.41, 5.74) is 2.58. The Labute approximate surface area is 104 Å². The van der Waals surface area contributed by atoms with Crippen LogP contribution < -0.4 is 0 Å². The summed E-state index contributed by atoms with van der Waals surface area (Å²) in [7, 11) is 0. The van der Waals surface area contributed by atoms with Gasteiger partial charge in [0.05, 0.1) is 0 Å². The number of hydrogen-bond acceptors (Lipinski definition) is 3. The van der Waals surface area contributed by atoms with Crippen LogP contribution in [0.2, 0.25) is 5.28 Å². The SMILES string of the molecule is Cc1ccc(Sc2ccnc(Cl)n2)cc1C. The molecule has 0 saturated carbocycles. The molecule has 1 aromatic heterocycles. The molecule has 0 N–H and O–H groups in total. The van der Waals surface area contributed by atoms with E-state index < -0.39 is 0 Å². The molecule has 0 saturated heterocycles. The highest BCUT2D eigenvalue weighted by atomic mass is 35.5. The van der Waals surface area contributed by atoms with E-state index in [1.54, 1.807) is 18.0 Å². The maximum absolute atomic E-state index is 5.73. The zero-order valence-corrected chi connectivity index (χ0v) is 10.6. The van der Waals surface area contributed by atoms with E-state index in [9.17, 15) is 0 Å². The molecule has 0 aliphatic carbocycles. The average molecular weight is 251 g/mol. The molecule has 0 spiro atoms. The van der Waals surface area contributed by atoms with Gasteiger partial charge >= 0.3 is 0 Å². The number of hydrogen-bond donors (Lipinski definition) is 0. The number of nitrogens with zero attached hydrogens (tertiary/aromatic N) is 2. The van der Waals surface area contributed by atoms with Gasteiger partial charge in [-0.3, -0.25) is 0 Å². The monoisotopic (exact) mass is 250 g/mol. The molecule has 0 unspecified atom stereocenters. The molecule has 82 valence electrons. The quantitative estimate of drug-likeness (QED) is 0.597. The predicted octanol–water partition coefficient (Wildman–Crippen LogP) is 3.90. The van der Waals surface area contributed by atoms with Gasteiger partial charge in [-0.25, -0.2) is 9.97 Å². The van der Waals surface area contributed by atoms with Crippen LogP contribution in [0.15, 0.2) is 40.4 Å². The molecule has 0 fully saturated rings. The van der Waals surface area contributed by atoms with Crippen LogP contribution in [0.25, 0.3) is 0 Å². The lowest BCUT2D eigenvalue weighted by atomic mass is 10.1. The summed E-state index contributed by atoms with van der Waals surface area (Å²) in [5.74, 6) is 0. The summed E-state index contributed by atoms with van der Waals surface area (Å²) in [6, 6.07) is 8.20. The Balaban J connectivity index is 2.24. The number of rotatable bonds is 2. The summed E-state index contributed by atoms with van der Waals surface area (Å²) in [4.78, 5) is 9.16. The third kappa shape index (κ3) is 2.74. The fraction of sp³-hybridized carbons (Fsp3) is 0.167. The first-order valence-corrected chi connectivity index (χ1v) is 6.08. The second-order valence-corrected chi connectivity index (χ2v) is 4.94. The van der Waals surface area contributed by atoms with Crippen molar-refractivity contribution in [1.29, 1.82) is 0 Å². The largest absolute Gasteiger partial charge is 0.226 e. The second kappa shape index (κ2) is 4.85. The first kappa shape index (κ1) is 11.4. The van der Waals surface area contributed by atoms with E-state index in [-0.39, 0.29) is 5.28 Å². The Hall–Kier alpha value is -1.06. The Bertz CT molecular complexity index is 514. The predicted molar refractivity (Wildman–Crippen MR) is 67.1 cm³/mol. The Morgan fingerprint density at radius 1 is 1.12 bits per heavy atom. The van der Waals surface area contributed by atoms with Gasteiger partial charge in [0, 0.05) is 11.1 Å². The first-order chi connectivity index (χ1) is 7.65. The molecule has 0 aliphatic rings. The molecule has 1 heterocycles. The van der Waals surface area contributed by atoms with Crippen molar-refractivity contribution < 1.29 is 0 Å². The normalized spacial score (nSPS) is 10.4. The molecule has 0 bridgehead atoms. The number of aryl methyl sites for hydroxylation is 2. The van der Waals surface area contributed by atoms with Crippen molar-refractivity contribution in [3.63, 3.8) is 0 Å². The van der Waals surface area contributed by atoms with Crippen molar-refractivity contribution >= 4 is 23.4 Å². The van der Waals surface area contributed by atoms with Gasteiger partial charge < -0.3 is 0 Å². The van der Waals surface area contributed by atoms with Gasteiger partial charge in [-0.2, -0.15) is 0 Å². The van der Waals surface area contributed by atoms with Gasteiger partial charge in [0.1, 0.15) is 5.03 Å². The van der Waals surface area contributed by atoms with Crippen LogP contribution in [0.3, 0.4) is 0 Å². The highest BCUT2D eigenvalue weighted by molar-refractivity contribution is 7.99. The van der Waals surface area contributed by atoms with E-state index in [4.69, 9.17) is 11.6 Å². The van der Waals surface area contributed by atoms with E-state index in [2.05, 4.69) is 42.0 Å². The standard InChI is InChI=1S/C12H11ClN2S/c1-8-3-4-10(7-9(8)2)16-11-5-6-14-12(13)15-11/h3-7H,1-2H3. The molecule has 2 rings (SSSR count). The smallest absolute Gasteiger partial charge is 0.223 e. The van der Waals surface area contributed by atoms with Crippen molar-refractivity contribution in [3.05, 3.63) is 46.9 Å². The van der Waals surface area contributed by atoms with E-state index in [1.165, 1.54) is 11.1 Å². The summed E-state index contributed by atoms with van der Waals surface area (Å²) < 4.78 is 0. The molecule has 0 aliphatic heterocycles. The van der Waals surface area contributed by atoms with Crippen LogP contribution in [0.5, 0.6) is 0 Å². The van der Waals surface area contributed by atoms with Crippen molar-refractivity contribution in [2.24, 2.45) is 0 Å². The summed E-state index contributed by atoms with van der Waals surface area (Å²) in [6.07, 6.45) is 1.67. The lowest BCUT2D eigenvalue weighted by Gasteiger charge is -2.04. The second-order valence-electron chi connectivity index (χ2n) is 3.51. The average Bonchev–Trinajstić information content (AvgIpc) is 2.24. The minimum absolute atomic E-state index is 0.286. The minimum Gasteiger partial charge on any atom is -0.226 e. The topological polar surface area (TPSA) is 25.8 Å². The molecular formula is C12H11ClN2S. The van der Waals surface area contributed by atoms with Gasteiger partial charge in [-0.1, -0.05) is 17.8 Å². The van der Waals surface area contributed by atoms with Crippen molar-refractivity contribution in [3.8, 4) is 0 Å². The fourth-order valence-corrected chi connectivity index (χ4v) is 2.35. The number of aromatic nitrogens is 2. The van der Waals surface area contributed by atoms with Crippen molar-refractivity contribution in [2.75, 3.05) is 0 Å². The van der Waals surface area contributed by atoms with Gasteiger partial charge in [-0.15, -0.1) is 0 Å². The fourth-order valence-electron chi connectivity index (χ4n) is 1.27. The van der Waals surface area contributed by atoms with E-state index in [0.29, 0.717) is 0 Å². The Morgan fingerprint density at radius 2 is 1.94 bits per heavy atom. The Morgan fingerprint density at radius 3 is 2.62 bits per heavy atom. The van der Waals surface area contributed by atoms with Crippen LogP contribution >= 0.6 is 23.4 Å². The van der Waals surface area contributed by atoms with Crippen LogP contribution in [0.1, 0.15) is 11.1 Å². The summed E-state index contributed by atoms with van der Waals surface area (Å²) >= 11 is 7.32. The van der Waals surface area contributed by atoms with Crippen LogP contribution in [-0.4, -0.2) is 9.97 Å². The van der Waals surface area contributed by atoms with Gasteiger partial charge in [0.2, 0.25) is 5.28 Å². The maximum atomic E-state index is 5.73. The lowest BCUT2D eigenvalue weighted by molar-refractivity contribution is 1.05. The first-order valence-electron chi connectivity index (χ1n) is 4.89. The molecule has 2 aromatic rings. The van der Waals surface area contributed by atoms with E-state index >= 15 is 0 Å². The summed E-state index contributed by atoms with van der Waals surface area (Å²) in [5, 5.41) is 1.15. The number of halogens is 1. The highest BCUT2D eigenvalue weighted by Gasteiger charge is 2.01.